The van der Waals surface area contributed by atoms with Gasteiger partial charge in [-0.2, -0.15) is 0 Å². The molecule has 0 amide bonds. The van der Waals surface area contributed by atoms with Gasteiger partial charge < -0.3 is 10.2 Å². The van der Waals surface area contributed by atoms with Crippen molar-refractivity contribution in [3.05, 3.63) is 16.1 Å². The third kappa shape index (κ3) is 4.84. The van der Waals surface area contributed by atoms with Crippen molar-refractivity contribution < 1.29 is 0 Å². The van der Waals surface area contributed by atoms with Gasteiger partial charge in [-0.05, 0) is 19.5 Å². The molecule has 0 aromatic carbocycles. The van der Waals surface area contributed by atoms with Gasteiger partial charge in [0.25, 0.3) is 0 Å². The summed E-state index contributed by atoms with van der Waals surface area (Å²) in [6.07, 6.45) is 1.18. The molecule has 0 saturated carbocycles. The van der Waals surface area contributed by atoms with E-state index in [1.54, 1.807) is 11.3 Å². The Kier molecular flexibility index (Phi) is 6.23. The lowest BCUT2D eigenvalue weighted by molar-refractivity contribution is 0.131. The molecule has 0 radical (unpaired) electrons. The number of piperazine rings is 1. The van der Waals surface area contributed by atoms with Gasteiger partial charge in [0.05, 0.1) is 5.69 Å². The van der Waals surface area contributed by atoms with Gasteiger partial charge in [-0.3, -0.25) is 4.90 Å². The van der Waals surface area contributed by atoms with E-state index in [9.17, 15) is 0 Å². The van der Waals surface area contributed by atoms with Crippen molar-refractivity contribution in [1.82, 2.24) is 20.1 Å². The van der Waals surface area contributed by atoms with Gasteiger partial charge in [0.15, 0.2) is 0 Å². The molecular weight excluding hydrogens is 256 g/mol. The van der Waals surface area contributed by atoms with Gasteiger partial charge in [-0.15, -0.1) is 11.3 Å². The third-order valence-electron chi connectivity index (χ3n) is 3.60. The fourth-order valence-electron chi connectivity index (χ4n) is 2.37. The van der Waals surface area contributed by atoms with Gasteiger partial charge in [0.2, 0.25) is 0 Å². The molecule has 0 spiro atoms. The summed E-state index contributed by atoms with van der Waals surface area (Å²) in [5, 5.41) is 6.84. The summed E-state index contributed by atoms with van der Waals surface area (Å²) < 4.78 is 0. The molecule has 0 unspecified atom stereocenters. The van der Waals surface area contributed by atoms with Crippen LogP contribution >= 0.6 is 11.3 Å². The molecule has 1 aromatic heterocycles. The minimum Gasteiger partial charge on any atom is -0.310 e. The summed E-state index contributed by atoms with van der Waals surface area (Å²) in [6, 6.07) is 0. The first-order valence-corrected chi connectivity index (χ1v) is 8.28. The van der Waals surface area contributed by atoms with E-state index in [2.05, 4.69) is 34.3 Å². The van der Waals surface area contributed by atoms with Crippen LogP contribution < -0.4 is 5.32 Å². The van der Waals surface area contributed by atoms with Crippen LogP contribution in [0, 0.1) is 0 Å². The van der Waals surface area contributed by atoms with Gasteiger partial charge in [0.1, 0.15) is 5.01 Å². The Bertz CT molecular complexity index is 358. The topological polar surface area (TPSA) is 31.4 Å². The first kappa shape index (κ1) is 14.9. The van der Waals surface area contributed by atoms with E-state index >= 15 is 0 Å². The Balaban J connectivity index is 1.74. The number of nitrogens with one attached hydrogen (secondary N) is 1. The number of thiazole rings is 1. The van der Waals surface area contributed by atoms with Crippen molar-refractivity contribution in [2.75, 3.05) is 39.3 Å². The van der Waals surface area contributed by atoms with Crippen LogP contribution in [0.25, 0.3) is 0 Å². The molecule has 0 bridgehead atoms. The second kappa shape index (κ2) is 7.94. The van der Waals surface area contributed by atoms with Crippen LogP contribution in [-0.4, -0.2) is 54.1 Å². The maximum absolute atomic E-state index is 4.72. The van der Waals surface area contributed by atoms with E-state index in [4.69, 9.17) is 4.98 Å². The summed E-state index contributed by atoms with van der Waals surface area (Å²) in [7, 11) is 0. The monoisotopic (exact) mass is 282 g/mol. The lowest BCUT2D eigenvalue weighted by atomic mass is 10.3. The average molecular weight is 282 g/mol. The minimum absolute atomic E-state index is 0.919. The molecular formula is C14H26N4S. The highest BCUT2D eigenvalue weighted by atomic mass is 32.1. The quantitative estimate of drug-likeness (QED) is 0.773. The smallest absolute Gasteiger partial charge is 0.107 e. The van der Waals surface area contributed by atoms with Crippen LogP contribution in [0.5, 0.6) is 0 Å². The fourth-order valence-corrected chi connectivity index (χ4v) is 3.12. The molecule has 1 aliphatic heterocycles. The molecule has 5 heteroatoms. The van der Waals surface area contributed by atoms with E-state index in [-0.39, 0.29) is 0 Å². The molecule has 2 heterocycles. The Morgan fingerprint density at radius 3 is 2.63 bits per heavy atom. The summed E-state index contributed by atoms with van der Waals surface area (Å²) in [5.41, 5.74) is 1.24. The number of hydrogen-bond donors (Lipinski definition) is 1. The molecule has 1 aliphatic rings. The van der Waals surface area contributed by atoms with Crippen molar-refractivity contribution in [2.24, 2.45) is 0 Å². The van der Waals surface area contributed by atoms with Crippen molar-refractivity contribution in [2.45, 2.75) is 33.4 Å². The Morgan fingerprint density at radius 2 is 1.95 bits per heavy atom. The predicted molar refractivity (Wildman–Crippen MR) is 81.5 cm³/mol. The second-order valence-corrected chi connectivity index (χ2v) is 6.06. The first-order chi connectivity index (χ1) is 9.31. The zero-order chi connectivity index (χ0) is 13.5. The van der Waals surface area contributed by atoms with E-state index in [1.165, 1.54) is 49.8 Å². The second-order valence-electron chi connectivity index (χ2n) is 5.12. The highest BCUT2D eigenvalue weighted by Crippen LogP contribution is 2.13. The first-order valence-electron chi connectivity index (χ1n) is 7.40. The number of nitrogens with zero attached hydrogens (tertiary/aromatic N) is 3. The summed E-state index contributed by atoms with van der Waals surface area (Å²) in [4.78, 5) is 9.75. The van der Waals surface area contributed by atoms with Gasteiger partial charge in [-0.25, -0.2) is 4.98 Å². The fraction of sp³-hybridized carbons (Fsp3) is 0.786. The number of rotatable bonds is 7. The maximum atomic E-state index is 4.72. The number of likely N-dealkylation sites (N-methyl/N-ethyl adjacent to an activating group) is 1. The summed E-state index contributed by atoms with van der Waals surface area (Å²) in [6.45, 7) is 13.4. The van der Waals surface area contributed by atoms with E-state index < -0.39 is 0 Å². The Labute approximate surface area is 120 Å². The maximum Gasteiger partial charge on any atom is 0.107 e. The van der Waals surface area contributed by atoms with Crippen LogP contribution in [0.1, 0.15) is 31.0 Å². The van der Waals surface area contributed by atoms with Crippen LogP contribution in [0.2, 0.25) is 0 Å². The Hall–Kier alpha value is -0.490. The zero-order valence-electron chi connectivity index (χ0n) is 12.2. The zero-order valence-corrected chi connectivity index (χ0v) is 13.0. The average Bonchev–Trinajstić information content (AvgIpc) is 2.88. The molecule has 1 saturated heterocycles. The van der Waals surface area contributed by atoms with Gasteiger partial charge in [-0.1, -0.05) is 13.8 Å². The van der Waals surface area contributed by atoms with Crippen molar-refractivity contribution in [1.29, 1.82) is 0 Å². The molecule has 4 nitrogen and oxygen atoms in total. The highest BCUT2D eigenvalue weighted by molar-refractivity contribution is 7.09. The van der Waals surface area contributed by atoms with Crippen molar-refractivity contribution >= 4 is 11.3 Å². The highest BCUT2D eigenvalue weighted by Gasteiger charge is 2.16. The molecule has 1 aromatic rings. The normalized spacial score (nSPS) is 18.0. The van der Waals surface area contributed by atoms with Crippen LogP contribution in [-0.2, 0) is 13.1 Å². The van der Waals surface area contributed by atoms with Crippen molar-refractivity contribution in [3.8, 4) is 0 Å². The lowest BCUT2D eigenvalue weighted by Crippen LogP contribution is -2.45. The minimum atomic E-state index is 0.919. The van der Waals surface area contributed by atoms with E-state index in [0.29, 0.717) is 0 Å². The molecule has 2 rings (SSSR count). The number of hydrogen-bond acceptors (Lipinski definition) is 5. The molecule has 1 fully saturated rings. The third-order valence-corrected chi connectivity index (χ3v) is 4.50. The SMILES string of the molecule is CCCNCc1nc(CN2CCN(CC)CC2)cs1. The lowest BCUT2D eigenvalue weighted by Gasteiger charge is -2.33. The molecule has 108 valence electrons. The van der Waals surface area contributed by atoms with E-state index in [0.717, 1.165) is 19.6 Å². The number of aromatic nitrogens is 1. The summed E-state index contributed by atoms with van der Waals surface area (Å²) in [5.74, 6) is 0. The van der Waals surface area contributed by atoms with Gasteiger partial charge in [0, 0.05) is 44.6 Å². The van der Waals surface area contributed by atoms with E-state index in [1.807, 2.05) is 0 Å². The van der Waals surface area contributed by atoms with Crippen LogP contribution in [0.3, 0.4) is 0 Å². The standard InChI is InChI=1S/C14H26N4S/c1-3-5-15-10-14-16-13(12-19-14)11-18-8-6-17(4-2)7-9-18/h12,15H,3-11H2,1-2H3. The molecule has 0 atom stereocenters. The molecule has 0 aliphatic carbocycles. The largest absolute Gasteiger partial charge is 0.310 e. The predicted octanol–water partition coefficient (Wildman–Crippen LogP) is 1.78. The Morgan fingerprint density at radius 1 is 1.21 bits per heavy atom. The summed E-state index contributed by atoms with van der Waals surface area (Å²) >= 11 is 1.78. The van der Waals surface area contributed by atoms with Crippen LogP contribution in [0.4, 0.5) is 0 Å². The van der Waals surface area contributed by atoms with Gasteiger partial charge >= 0.3 is 0 Å². The van der Waals surface area contributed by atoms with Crippen molar-refractivity contribution in [3.63, 3.8) is 0 Å². The molecule has 1 N–H and O–H groups in total. The van der Waals surface area contributed by atoms with Crippen LogP contribution in [0.15, 0.2) is 5.38 Å². The molecule has 19 heavy (non-hydrogen) atoms.